The monoisotopic (exact) mass is 355 g/mol. The summed E-state index contributed by atoms with van der Waals surface area (Å²) in [6.07, 6.45) is 2.13. The Labute approximate surface area is 154 Å². The van der Waals surface area contributed by atoms with Gasteiger partial charge in [0.05, 0.1) is 11.0 Å². The van der Waals surface area contributed by atoms with E-state index in [9.17, 15) is 0 Å². The van der Waals surface area contributed by atoms with Gasteiger partial charge < -0.3 is 4.57 Å². The van der Waals surface area contributed by atoms with E-state index in [0.29, 0.717) is 0 Å². The van der Waals surface area contributed by atoms with Gasteiger partial charge in [-0.2, -0.15) is 0 Å². The zero-order valence-corrected chi connectivity index (χ0v) is 16.5. The SMILES string of the molecule is Cn1cc(-c2nc3ccccc3nc2C#C[Si](C)(C)C)c2ccccc21. The molecule has 4 heteroatoms. The Morgan fingerprint density at radius 3 is 2.27 bits per heavy atom. The molecule has 0 bridgehead atoms. The van der Waals surface area contributed by atoms with Crippen molar-refractivity contribution in [2.45, 2.75) is 19.6 Å². The molecule has 0 amide bonds. The van der Waals surface area contributed by atoms with E-state index in [1.807, 2.05) is 24.3 Å². The van der Waals surface area contributed by atoms with E-state index < -0.39 is 8.07 Å². The van der Waals surface area contributed by atoms with Gasteiger partial charge in [0.15, 0.2) is 0 Å². The molecule has 0 saturated heterocycles. The first-order valence-electron chi connectivity index (χ1n) is 8.77. The maximum Gasteiger partial charge on any atom is 0.139 e. The number of aromatic nitrogens is 3. The Balaban J connectivity index is 2.04. The zero-order valence-electron chi connectivity index (χ0n) is 15.5. The molecular formula is C22H21N3Si. The summed E-state index contributed by atoms with van der Waals surface area (Å²) in [5, 5.41) is 1.18. The second-order valence-electron chi connectivity index (χ2n) is 7.58. The van der Waals surface area contributed by atoms with Crippen LogP contribution in [0.5, 0.6) is 0 Å². The lowest BCUT2D eigenvalue weighted by Crippen LogP contribution is -2.16. The molecule has 4 aromatic rings. The highest BCUT2D eigenvalue weighted by atomic mass is 28.3. The molecule has 0 saturated carbocycles. The van der Waals surface area contributed by atoms with Gasteiger partial charge >= 0.3 is 0 Å². The van der Waals surface area contributed by atoms with E-state index in [1.54, 1.807) is 0 Å². The third kappa shape index (κ3) is 3.02. The van der Waals surface area contributed by atoms with Crippen molar-refractivity contribution in [2.24, 2.45) is 7.05 Å². The van der Waals surface area contributed by atoms with Crippen LogP contribution in [0.1, 0.15) is 5.69 Å². The maximum atomic E-state index is 4.95. The van der Waals surface area contributed by atoms with Gasteiger partial charge in [-0.05, 0) is 18.2 Å². The molecule has 0 fully saturated rings. The molecule has 0 radical (unpaired) electrons. The maximum absolute atomic E-state index is 4.95. The van der Waals surface area contributed by atoms with E-state index in [-0.39, 0.29) is 0 Å². The molecule has 0 aliphatic rings. The summed E-state index contributed by atoms with van der Waals surface area (Å²) in [6.45, 7) is 6.73. The van der Waals surface area contributed by atoms with E-state index in [0.717, 1.165) is 28.0 Å². The summed E-state index contributed by atoms with van der Waals surface area (Å²) >= 11 is 0. The largest absolute Gasteiger partial charge is 0.350 e. The number of hydrogen-bond acceptors (Lipinski definition) is 2. The molecule has 4 rings (SSSR count). The molecule has 0 aliphatic carbocycles. The summed E-state index contributed by atoms with van der Waals surface area (Å²) < 4.78 is 2.14. The summed E-state index contributed by atoms with van der Waals surface area (Å²) in [5.41, 5.74) is 9.13. The van der Waals surface area contributed by atoms with Crippen LogP contribution in [0.25, 0.3) is 33.2 Å². The van der Waals surface area contributed by atoms with Crippen molar-refractivity contribution in [1.29, 1.82) is 0 Å². The molecule has 0 unspecified atom stereocenters. The van der Waals surface area contributed by atoms with Gasteiger partial charge in [-0.3, -0.25) is 0 Å². The first-order valence-corrected chi connectivity index (χ1v) is 12.3. The molecule has 0 N–H and O–H groups in total. The Bertz CT molecular complexity index is 1190. The van der Waals surface area contributed by atoms with Gasteiger partial charge in [-0.1, -0.05) is 55.9 Å². The number of hydrogen-bond donors (Lipinski definition) is 0. The lowest BCUT2D eigenvalue weighted by molar-refractivity contribution is 0.969. The van der Waals surface area contributed by atoms with Gasteiger partial charge in [-0.25, -0.2) is 9.97 Å². The standard InChI is InChI=1S/C22H21N3Si/c1-25-15-17(16-9-5-8-12-21(16)25)22-20(13-14-26(2,3)4)23-18-10-6-7-11-19(18)24-22/h5-12,15H,1-4H3. The fraction of sp³-hybridized carbons (Fsp3) is 0.182. The number of aryl methyl sites for hydroxylation is 1. The minimum Gasteiger partial charge on any atom is -0.350 e. The fourth-order valence-electron chi connectivity index (χ4n) is 3.05. The Hall–Kier alpha value is -2.90. The molecule has 128 valence electrons. The van der Waals surface area contributed by atoms with Crippen molar-refractivity contribution >= 4 is 30.0 Å². The van der Waals surface area contributed by atoms with E-state index >= 15 is 0 Å². The normalized spacial score (nSPS) is 11.5. The molecule has 26 heavy (non-hydrogen) atoms. The summed E-state index contributed by atoms with van der Waals surface area (Å²) in [7, 11) is 0.549. The topological polar surface area (TPSA) is 30.7 Å². The zero-order chi connectivity index (χ0) is 18.3. The van der Waals surface area contributed by atoms with Crippen LogP contribution in [0.4, 0.5) is 0 Å². The van der Waals surface area contributed by atoms with Crippen molar-refractivity contribution in [3.63, 3.8) is 0 Å². The second-order valence-corrected chi connectivity index (χ2v) is 12.3. The Kier molecular flexibility index (Phi) is 3.90. The van der Waals surface area contributed by atoms with Crippen molar-refractivity contribution in [2.75, 3.05) is 0 Å². The average molecular weight is 356 g/mol. The van der Waals surface area contributed by atoms with Gasteiger partial charge in [0.1, 0.15) is 19.5 Å². The predicted octanol–water partition coefficient (Wildman–Crippen LogP) is 5.02. The number of rotatable bonds is 1. The number of nitrogens with zero attached hydrogens (tertiary/aromatic N) is 3. The van der Waals surface area contributed by atoms with Crippen molar-refractivity contribution in [1.82, 2.24) is 14.5 Å². The average Bonchev–Trinajstić information content (AvgIpc) is 2.95. The lowest BCUT2D eigenvalue weighted by atomic mass is 10.1. The first kappa shape index (κ1) is 16.6. The Morgan fingerprint density at radius 1 is 0.885 bits per heavy atom. The van der Waals surface area contributed by atoms with E-state index in [4.69, 9.17) is 9.97 Å². The van der Waals surface area contributed by atoms with Crippen LogP contribution in [0.3, 0.4) is 0 Å². The predicted molar refractivity (Wildman–Crippen MR) is 112 cm³/mol. The van der Waals surface area contributed by atoms with Crippen LogP contribution < -0.4 is 0 Å². The smallest absolute Gasteiger partial charge is 0.139 e. The number of fused-ring (bicyclic) bond motifs is 2. The number of benzene rings is 2. The summed E-state index contributed by atoms with van der Waals surface area (Å²) in [6, 6.07) is 16.4. The van der Waals surface area contributed by atoms with Crippen LogP contribution >= 0.6 is 0 Å². The molecule has 0 spiro atoms. The van der Waals surface area contributed by atoms with E-state index in [2.05, 4.69) is 73.2 Å². The van der Waals surface area contributed by atoms with E-state index in [1.165, 1.54) is 10.9 Å². The Morgan fingerprint density at radius 2 is 1.54 bits per heavy atom. The molecule has 0 aliphatic heterocycles. The molecular weight excluding hydrogens is 334 g/mol. The highest BCUT2D eigenvalue weighted by Gasteiger charge is 2.16. The first-order chi connectivity index (χ1) is 12.4. The van der Waals surface area contributed by atoms with Crippen LogP contribution in [0.15, 0.2) is 54.7 Å². The van der Waals surface area contributed by atoms with Crippen molar-refractivity contribution in [3.8, 4) is 22.7 Å². The van der Waals surface area contributed by atoms with Crippen molar-refractivity contribution in [3.05, 3.63) is 60.4 Å². The van der Waals surface area contributed by atoms with Gasteiger partial charge in [0, 0.05) is 29.7 Å². The van der Waals surface area contributed by atoms with Crippen LogP contribution in [0, 0.1) is 11.5 Å². The lowest BCUT2D eigenvalue weighted by Gasteiger charge is -2.07. The van der Waals surface area contributed by atoms with Gasteiger partial charge in [0.25, 0.3) is 0 Å². The van der Waals surface area contributed by atoms with Gasteiger partial charge in [0.2, 0.25) is 0 Å². The quantitative estimate of drug-likeness (QED) is 0.355. The van der Waals surface area contributed by atoms with Gasteiger partial charge in [-0.15, -0.1) is 5.54 Å². The fourth-order valence-corrected chi connectivity index (χ4v) is 3.55. The van der Waals surface area contributed by atoms with Crippen LogP contribution in [-0.2, 0) is 7.05 Å². The molecule has 2 aromatic heterocycles. The highest BCUT2D eigenvalue weighted by Crippen LogP contribution is 2.31. The minimum absolute atomic E-state index is 0.766. The van der Waals surface area contributed by atoms with Crippen molar-refractivity contribution < 1.29 is 0 Å². The molecule has 2 aromatic carbocycles. The second kappa shape index (κ2) is 6.12. The number of para-hydroxylation sites is 3. The minimum atomic E-state index is -1.51. The van der Waals surface area contributed by atoms with Crippen LogP contribution in [-0.4, -0.2) is 22.6 Å². The molecule has 2 heterocycles. The molecule has 3 nitrogen and oxygen atoms in total. The van der Waals surface area contributed by atoms with Crippen LogP contribution in [0.2, 0.25) is 19.6 Å². The summed E-state index contributed by atoms with van der Waals surface area (Å²) in [5.74, 6) is 3.35. The third-order valence-corrected chi connectivity index (χ3v) is 5.15. The molecule has 0 atom stereocenters. The third-order valence-electron chi connectivity index (χ3n) is 4.28. The summed E-state index contributed by atoms with van der Waals surface area (Å²) in [4.78, 5) is 9.79. The highest BCUT2D eigenvalue weighted by molar-refractivity contribution is 6.83.